The van der Waals surface area contributed by atoms with Gasteiger partial charge in [-0.2, -0.15) is 4.98 Å². The number of ether oxygens (including phenoxy) is 1. The zero-order chi connectivity index (χ0) is 19.5. The Bertz CT molecular complexity index is 1090. The van der Waals surface area contributed by atoms with Crippen LogP contribution in [-0.2, 0) is 13.1 Å². The lowest BCUT2D eigenvalue weighted by molar-refractivity contribution is 0.459. The van der Waals surface area contributed by atoms with Crippen LogP contribution < -0.4 is 9.64 Å². The van der Waals surface area contributed by atoms with Crippen LogP contribution in [0.4, 0.5) is 10.3 Å². The second kappa shape index (κ2) is 7.64. The molecule has 2 heterocycles. The first-order chi connectivity index (χ1) is 13.6. The van der Waals surface area contributed by atoms with E-state index in [0.29, 0.717) is 24.1 Å². The zero-order valence-corrected chi connectivity index (χ0v) is 15.7. The minimum Gasteiger partial charge on any atom is -0.439 e. The van der Waals surface area contributed by atoms with Crippen molar-refractivity contribution in [3.8, 4) is 11.6 Å². The number of para-hydroxylation sites is 2. The molecule has 0 saturated carbocycles. The lowest BCUT2D eigenvalue weighted by Gasteiger charge is -2.17. The second-order valence-electron chi connectivity index (χ2n) is 6.37. The number of fused-ring (bicyclic) bond motifs is 1. The molecular formula is C21H20FN5O. The molecule has 0 amide bonds. The fourth-order valence-electron chi connectivity index (χ4n) is 3.08. The minimum absolute atomic E-state index is 0.311. The Kier molecular flexibility index (Phi) is 4.89. The Morgan fingerprint density at radius 1 is 1.04 bits per heavy atom. The smallest absolute Gasteiger partial charge is 0.228 e. The monoisotopic (exact) mass is 377 g/mol. The highest BCUT2D eigenvalue weighted by Crippen LogP contribution is 2.22. The van der Waals surface area contributed by atoms with E-state index in [0.717, 1.165) is 23.4 Å². The van der Waals surface area contributed by atoms with Crippen LogP contribution in [0, 0.1) is 5.82 Å². The summed E-state index contributed by atoms with van der Waals surface area (Å²) in [4.78, 5) is 15.5. The normalized spacial score (nSPS) is 11.0. The number of aromatic nitrogens is 4. The number of imidazole rings is 1. The van der Waals surface area contributed by atoms with Gasteiger partial charge in [0, 0.05) is 25.9 Å². The van der Waals surface area contributed by atoms with Crippen molar-refractivity contribution in [3.63, 3.8) is 0 Å². The van der Waals surface area contributed by atoms with Gasteiger partial charge in [-0.15, -0.1) is 0 Å². The summed E-state index contributed by atoms with van der Waals surface area (Å²) in [5, 5.41) is 0. The Morgan fingerprint density at radius 3 is 2.61 bits per heavy atom. The molecule has 0 bridgehead atoms. The van der Waals surface area contributed by atoms with Crippen molar-refractivity contribution in [3.05, 3.63) is 72.4 Å². The van der Waals surface area contributed by atoms with E-state index < -0.39 is 0 Å². The van der Waals surface area contributed by atoms with Crippen molar-refractivity contribution < 1.29 is 9.13 Å². The van der Waals surface area contributed by atoms with E-state index >= 15 is 0 Å². The summed E-state index contributed by atoms with van der Waals surface area (Å²) in [5.74, 6) is 2.07. The van der Waals surface area contributed by atoms with Crippen molar-refractivity contribution in [2.24, 2.45) is 0 Å². The number of anilines is 1. The number of hydrogen-bond donors (Lipinski definition) is 0. The van der Waals surface area contributed by atoms with Gasteiger partial charge in [-0.05, 0) is 43.3 Å². The highest BCUT2D eigenvalue weighted by atomic mass is 19.1. The summed E-state index contributed by atoms with van der Waals surface area (Å²) in [6, 6.07) is 15.6. The Balaban J connectivity index is 1.55. The molecule has 142 valence electrons. The van der Waals surface area contributed by atoms with E-state index in [9.17, 15) is 4.39 Å². The molecule has 6 nitrogen and oxygen atoms in total. The van der Waals surface area contributed by atoms with Crippen molar-refractivity contribution in [1.82, 2.24) is 19.5 Å². The molecular weight excluding hydrogens is 357 g/mol. The number of hydrogen-bond acceptors (Lipinski definition) is 5. The molecule has 0 radical (unpaired) electrons. The Hall–Kier alpha value is -3.48. The van der Waals surface area contributed by atoms with Crippen molar-refractivity contribution in [2.45, 2.75) is 20.0 Å². The van der Waals surface area contributed by atoms with Gasteiger partial charge >= 0.3 is 0 Å². The lowest BCUT2D eigenvalue weighted by Crippen LogP contribution is -2.21. The third-order valence-electron chi connectivity index (χ3n) is 4.42. The van der Waals surface area contributed by atoms with Crippen LogP contribution in [0.3, 0.4) is 0 Å². The van der Waals surface area contributed by atoms with Crippen LogP contribution in [0.5, 0.6) is 11.6 Å². The van der Waals surface area contributed by atoms with Gasteiger partial charge in [-0.25, -0.2) is 14.4 Å². The quantitative estimate of drug-likeness (QED) is 0.498. The van der Waals surface area contributed by atoms with Crippen molar-refractivity contribution in [1.29, 1.82) is 0 Å². The molecule has 0 fully saturated rings. The molecule has 0 saturated heterocycles. The standard InChI is InChI=1S/C21H20FN5O/c1-3-27-18-7-5-4-6-17(18)24-19(27)14-26(2)21-23-13-12-20(25-21)28-16-10-8-15(22)9-11-16/h4-13H,3,14H2,1-2H3. The number of nitrogens with zero attached hydrogens (tertiary/aromatic N) is 5. The van der Waals surface area contributed by atoms with E-state index in [1.165, 1.54) is 12.1 Å². The van der Waals surface area contributed by atoms with E-state index in [1.54, 1.807) is 24.4 Å². The van der Waals surface area contributed by atoms with Crippen LogP contribution >= 0.6 is 0 Å². The molecule has 2 aromatic heterocycles. The molecule has 0 aliphatic heterocycles. The Morgan fingerprint density at radius 2 is 1.82 bits per heavy atom. The predicted octanol–water partition coefficient (Wildman–Crippen LogP) is 4.41. The highest BCUT2D eigenvalue weighted by Gasteiger charge is 2.14. The largest absolute Gasteiger partial charge is 0.439 e. The van der Waals surface area contributed by atoms with Gasteiger partial charge in [0.25, 0.3) is 0 Å². The minimum atomic E-state index is -0.311. The summed E-state index contributed by atoms with van der Waals surface area (Å²) in [7, 11) is 1.91. The molecule has 4 aromatic rings. The summed E-state index contributed by atoms with van der Waals surface area (Å²) >= 11 is 0. The van der Waals surface area contributed by atoms with Crippen LogP contribution in [0.25, 0.3) is 11.0 Å². The first-order valence-electron chi connectivity index (χ1n) is 9.06. The molecule has 0 aliphatic carbocycles. The first kappa shape index (κ1) is 17.9. The first-order valence-corrected chi connectivity index (χ1v) is 9.06. The molecule has 0 atom stereocenters. The molecule has 2 aromatic carbocycles. The number of halogens is 1. The third-order valence-corrected chi connectivity index (χ3v) is 4.42. The van der Waals surface area contributed by atoms with Gasteiger partial charge in [-0.3, -0.25) is 0 Å². The molecule has 28 heavy (non-hydrogen) atoms. The SMILES string of the molecule is CCn1c(CN(C)c2nccc(Oc3ccc(F)cc3)n2)nc2ccccc21. The number of aryl methyl sites for hydroxylation is 1. The third kappa shape index (κ3) is 3.64. The zero-order valence-electron chi connectivity index (χ0n) is 15.7. The molecule has 4 rings (SSSR count). The molecule has 0 unspecified atom stereocenters. The molecule has 0 N–H and O–H groups in total. The molecule has 0 spiro atoms. The fourth-order valence-corrected chi connectivity index (χ4v) is 3.08. The van der Waals surface area contributed by atoms with E-state index in [-0.39, 0.29) is 5.82 Å². The topological polar surface area (TPSA) is 56.1 Å². The number of benzene rings is 2. The van der Waals surface area contributed by atoms with Gasteiger partial charge < -0.3 is 14.2 Å². The molecule has 0 aliphatic rings. The maximum Gasteiger partial charge on any atom is 0.228 e. The van der Waals surface area contributed by atoms with Crippen LogP contribution in [-0.4, -0.2) is 26.6 Å². The van der Waals surface area contributed by atoms with E-state index in [1.807, 2.05) is 30.1 Å². The van der Waals surface area contributed by atoms with E-state index in [2.05, 4.69) is 27.5 Å². The van der Waals surface area contributed by atoms with Gasteiger partial charge in [0.1, 0.15) is 17.4 Å². The second-order valence-corrected chi connectivity index (χ2v) is 6.37. The maximum absolute atomic E-state index is 13.0. The average molecular weight is 377 g/mol. The predicted molar refractivity (Wildman–Crippen MR) is 106 cm³/mol. The van der Waals surface area contributed by atoms with Gasteiger partial charge in [0.2, 0.25) is 11.8 Å². The Labute approximate surface area is 162 Å². The fraction of sp³-hybridized carbons (Fsp3) is 0.190. The van der Waals surface area contributed by atoms with E-state index in [4.69, 9.17) is 9.72 Å². The van der Waals surface area contributed by atoms with Crippen molar-refractivity contribution >= 4 is 17.0 Å². The summed E-state index contributed by atoms with van der Waals surface area (Å²) in [6.07, 6.45) is 1.64. The highest BCUT2D eigenvalue weighted by molar-refractivity contribution is 5.75. The van der Waals surface area contributed by atoms with Crippen molar-refractivity contribution in [2.75, 3.05) is 11.9 Å². The van der Waals surface area contributed by atoms with Crippen LogP contribution in [0.1, 0.15) is 12.7 Å². The van der Waals surface area contributed by atoms with Gasteiger partial charge in [-0.1, -0.05) is 12.1 Å². The summed E-state index contributed by atoms with van der Waals surface area (Å²) < 4.78 is 20.9. The van der Waals surface area contributed by atoms with Gasteiger partial charge in [0.15, 0.2) is 0 Å². The lowest BCUT2D eigenvalue weighted by atomic mass is 10.3. The summed E-state index contributed by atoms with van der Waals surface area (Å²) in [5.41, 5.74) is 2.09. The van der Waals surface area contributed by atoms with Crippen LogP contribution in [0.15, 0.2) is 60.8 Å². The number of rotatable bonds is 6. The van der Waals surface area contributed by atoms with Crippen LogP contribution in [0.2, 0.25) is 0 Å². The average Bonchev–Trinajstić information content (AvgIpc) is 3.07. The van der Waals surface area contributed by atoms with Gasteiger partial charge in [0.05, 0.1) is 17.6 Å². The summed E-state index contributed by atoms with van der Waals surface area (Å²) in [6.45, 7) is 3.49. The maximum atomic E-state index is 13.0. The molecule has 7 heteroatoms.